The summed E-state index contributed by atoms with van der Waals surface area (Å²) in [6.07, 6.45) is 0. The summed E-state index contributed by atoms with van der Waals surface area (Å²) in [5.41, 5.74) is 0. The number of nitrogens with one attached hydrogen (secondary N) is 1. The zero-order valence-electron chi connectivity index (χ0n) is 9.59. The Morgan fingerprint density at radius 1 is 1.31 bits per heavy atom. The number of hydrogen-bond acceptors (Lipinski definition) is 3. The molecule has 1 saturated heterocycles. The number of rotatable bonds is 5. The van der Waals surface area contributed by atoms with E-state index in [2.05, 4.69) is 60.3 Å². The van der Waals surface area contributed by atoms with Crippen molar-refractivity contribution in [1.29, 1.82) is 0 Å². The zero-order valence-corrected chi connectivity index (χ0v) is 13.9. The van der Waals surface area contributed by atoms with Gasteiger partial charge >= 0.3 is 0 Å². The van der Waals surface area contributed by atoms with E-state index < -0.39 is 0 Å². The number of amides is 1. The highest BCUT2D eigenvalue weighted by molar-refractivity contribution is 14.1. The molecule has 0 radical (unpaired) electrons. The second-order valence-corrected chi connectivity index (χ2v) is 6.54. The summed E-state index contributed by atoms with van der Waals surface area (Å²) in [5, 5.41) is 2.95. The molecule has 1 unspecified atom stereocenters. The molecule has 1 aliphatic heterocycles. The van der Waals surface area contributed by atoms with E-state index in [1.54, 1.807) is 0 Å². The Morgan fingerprint density at radius 3 is 2.38 bits per heavy atom. The highest BCUT2D eigenvalue weighted by Crippen LogP contribution is 2.03. The highest BCUT2D eigenvalue weighted by Gasteiger charge is 2.15. The Morgan fingerprint density at radius 2 is 1.88 bits per heavy atom. The van der Waals surface area contributed by atoms with Gasteiger partial charge in [-0.1, -0.05) is 45.2 Å². The van der Waals surface area contributed by atoms with Crippen molar-refractivity contribution in [2.24, 2.45) is 0 Å². The lowest BCUT2D eigenvalue weighted by Gasteiger charge is -2.33. The molecule has 1 heterocycles. The van der Waals surface area contributed by atoms with Crippen LogP contribution in [0, 0.1) is 0 Å². The largest absolute Gasteiger partial charge is 0.354 e. The molecule has 1 rings (SSSR count). The molecule has 1 atom stereocenters. The van der Waals surface area contributed by atoms with Crippen LogP contribution in [0.4, 0.5) is 0 Å². The summed E-state index contributed by atoms with van der Waals surface area (Å²) in [4.78, 5) is 16.2. The first-order valence-corrected chi connectivity index (χ1v) is 8.33. The molecule has 4 nitrogen and oxygen atoms in total. The topological polar surface area (TPSA) is 35.6 Å². The summed E-state index contributed by atoms with van der Waals surface area (Å²) >= 11 is 4.55. The number of carbonyl (C=O) groups excluding carboxylic acids is 1. The van der Waals surface area contributed by atoms with Crippen LogP contribution >= 0.6 is 45.2 Å². The molecule has 0 aromatic rings. The maximum absolute atomic E-state index is 11.3. The summed E-state index contributed by atoms with van der Waals surface area (Å²) in [5.74, 6) is 0.145. The van der Waals surface area contributed by atoms with Gasteiger partial charge in [0.25, 0.3) is 0 Å². The minimum absolute atomic E-state index is 0.0634. The van der Waals surface area contributed by atoms with Crippen molar-refractivity contribution in [3.05, 3.63) is 0 Å². The van der Waals surface area contributed by atoms with Crippen LogP contribution in [0.25, 0.3) is 0 Å². The Kier molecular flexibility index (Phi) is 7.49. The number of halogens is 2. The average molecular weight is 451 g/mol. The number of piperazine rings is 1. The molecule has 0 aliphatic carbocycles. The van der Waals surface area contributed by atoms with E-state index in [1.165, 1.54) is 0 Å². The van der Waals surface area contributed by atoms with Crippen LogP contribution in [-0.2, 0) is 4.79 Å². The maximum atomic E-state index is 11.3. The molecule has 94 valence electrons. The standard InChI is InChI=1S/C10H19I2N3O/c1-9(12)10(16)13-2-3-14-4-6-15(8-11)7-5-14/h9H,2-8H2,1H3,(H,13,16). The quantitative estimate of drug-likeness (QED) is 0.384. The van der Waals surface area contributed by atoms with Gasteiger partial charge in [-0.05, 0) is 6.92 Å². The van der Waals surface area contributed by atoms with Gasteiger partial charge in [-0.2, -0.15) is 0 Å². The van der Waals surface area contributed by atoms with Gasteiger partial charge in [0.05, 0.1) is 8.48 Å². The number of carbonyl (C=O) groups is 1. The second-order valence-electron chi connectivity index (χ2n) is 3.99. The van der Waals surface area contributed by atoms with E-state index in [1.807, 2.05) is 6.92 Å². The second kappa shape index (κ2) is 8.04. The molecule has 0 aromatic carbocycles. The lowest BCUT2D eigenvalue weighted by atomic mass is 10.3. The van der Waals surface area contributed by atoms with Gasteiger partial charge in [-0.25, -0.2) is 0 Å². The molecule has 6 heteroatoms. The van der Waals surface area contributed by atoms with Crippen molar-refractivity contribution in [3.63, 3.8) is 0 Å². The SMILES string of the molecule is CC(I)C(=O)NCCN1CCN(CI)CC1. The van der Waals surface area contributed by atoms with Gasteiger partial charge in [0.15, 0.2) is 0 Å². The summed E-state index contributed by atoms with van der Waals surface area (Å²) in [6, 6.07) is 0. The Labute approximate surface area is 125 Å². The first-order chi connectivity index (χ1) is 7.63. The normalized spacial score (nSPS) is 20.7. The van der Waals surface area contributed by atoms with Crippen molar-refractivity contribution in [3.8, 4) is 0 Å². The molecule has 1 fully saturated rings. The van der Waals surface area contributed by atoms with Gasteiger partial charge in [-0.3, -0.25) is 14.6 Å². The molecule has 0 aromatic heterocycles. The van der Waals surface area contributed by atoms with Gasteiger partial charge in [0, 0.05) is 39.3 Å². The smallest absolute Gasteiger partial charge is 0.232 e. The lowest BCUT2D eigenvalue weighted by Crippen LogP contribution is -2.48. The maximum Gasteiger partial charge on any atom is 0.232 e. The van der Waals surface area contributed by atoms with Crippen LogP contribution < -0.4 is 5.32 Å². The molecule has 1 amide bonds. The fraction of sp³-hybridized carbons (Fsp3) is 0.900. The predicted octanol–water partition coefficient (Wildman–Crippen LogP) is 0.936. The highest BCUT2D eigenvalue weighted by atomic mass is 127. The van der Waals surface area contributed by atoms with Gasteiger partial charge in [0.2, 0.25) is 5.91 Å². The van der Waals surface area contributed by atoms with Crippen molar-refractivity contribution in [2.75, 3.05) is 43.8 Å². The Balaban J connectivity index is 2.08. The van der Waals surface area contributed by atoms with Crippen molar-refractivity contribution >= 4 is 51.1 Å². The van der Waals surface area contributed by atoms with Crippen molar-refractivity contribution in [2.45, 2.75) is 10.8 Å². The number of nitrogens with zero attached hydrogens (tertiary/aromatic N) is 2. The Hall–Kier alpha value is 0.850. The molecular weight excluding hydrogens is 432 g/mol. The fourth-order valence-corrected chi connectivity index (χ4v) is 2.51. The number of alkyl halides is 2. The molecule has 1 N–H and O–H groups in total. The van der Waals surface area contributed by atoms with E-state index in [0.717, 1.165) is 43.8 Å². The van der Waals surface area contributed by atoms with Crippen LogP contribution in [0.1, 0.15) is 6.92 Å². The van der Waals surface area contributed by atoms with E-state index in [9.17, 15) is 4.79 Å². The summed E-state index contributed by atoms with van der Waals surface area (Å²) in [6.45, 7) is 8.21. The first kappa shape index (κ1) is 14.9. The minimum Gasteiger partial charge on any atom is -0.354 e. The van der Waals surface area contributed by atoms with E-state index in [-0.39, 0.29) is 9.83 Å². The fourth-order valence-electron chi connectivity index (χ4n) is 1.61. The van der Waals surface area contributed by atoms with Gasteiger partial charge < -0.3 is 5.32 Å². The minimum atomic E-state index is 0.0634. The predicted molar refractivity (Wildman–Crippen MR) is 83.4 cm³/mol. The Bertz CT molecular complexity index is 218. The number of hydrogen-bond donors (Lipinski definition) is 1. The summed E-state index contributed by atoms with van der Waals surface area (Å²) in [7, 11) is 0. The van der Waals surface area contributed by atoms with E-state index in [4.69, 9.17) is 0 Å². The van der Waals surface area contributed by atoms with Crippen molar-refractivity contribution in [1.82, 2.24) is 15.1 Å². The lowest BCUT2D eigenvalue weighted by molar-refractivity contribution is -0.120. The van der Waals surface area contributed by atoms with E-state index in [0.29, 0.717) is 0 Å². The van der Waals surface area contributed by atoms with Crippen LogP contribution in [-0.4, -0.2) is 63.5 Å². The molecular formula is C10H19I2N3O. The van der Waals surface area contributed by atoms with Crippen LogP contribution in [0.2, 0.25) is 0 Å². The molecule has 1 aliphatic rings. The average Bonchev–Trinajstić information content (AvgIpc) is 2.29. The summed E-state index contributed by atoms with van der Waals surface area (Å²) < 4.78 is 1.18. The van der Waals surface area contributed by atoms with Gasteiger partial charge in [0.1, 0.15) is 0 Å². The van der Waals surface area contributed by atoms with Crippen molar-refractivity contribution < 1.29 is 4.79 Å². The van der Waals surface area contributed by atoms with Gasteiger partial charge in [-0.15, -0.1) is 0 Å². The van der Waals surface area contributed by atoms with Crippen LogP contribution in [0.15, 0.2) is 0 Å². The molecule has 16 heavy (non-hydrogen) atoms. The molecule has 0 bridgehead atoms. The third kappa shape index (κ3) is 5.46. The van der Waals surface area contributed by atoms with E-state index >= 15 is 0 Å². The van der Waals surface area contributed by atoms with Crippen LogP contribution in [0.3, 0.4) is 0 Å². The molecule has 0 saturated carbocycles. The monoisotopic (exact) mass is 451 g/mol. The van der Waals surface area contributed by atoms with Crippen LogP contribution in [0.5, 0.6) is 0 Å². The first-order valence-electron chi connectivity index (χ1n) is 5.56. The zero-order chi connectivity index (χ0) is 12.0. The third-order valence-electron chi connectivity index (χ3n) is 2.72. The molecule has 0 spiro atoms. The third-order valence-corrected chi connectivity index (χ3v) is 4.25.